The molecule has 1 unspecified atom stereocenters. The fourth-order valence-corrected chi connectivity index (χ4v) is 3.53. The molecular formula is C17H21NO2S. The van der Waals surface area contributed by atoms with Gasteiger partial charge in [0, 0.05) is 18.5 Å². The minimum Gasteiger partial charge on any atom is -0.395 e. The monoisotopic (exact) mass is 303 g/mol. The smallest absolute Gasteiger partial charge is 0.252 e. The molecular weight excluding hydrogens is 282 g/mol. The fourth-order valence-electron chi connectivity index (χ4n) is 2.25. The Morgan fingerprint density at radius 3 is 3.10 bits per heavy atom. The van der Waals surface area contributed by atoms with Crippen LogP contribution in [-0.4, -0.2) is 35.7 Å². The zero-order valence-electron chi connectivity index (χ0n) is 12.3. The van der Waals surface area contributed by atoms with E-state index in [0.717, 1.165) is 23.4 Å². The van der Waals surface area contributed by atoms with Crippen molar-refractivity contribution in [1.82, 2.24) is 5.32 Å². The fraction of sp³-hybridized carbons (Fsp3) is 0.471. The van der Waals surface area contributed by atoms with Crippen LogP contribution in [0.25, 0.3) is 0 Å². The quantitative estimate of drug-likeness (QED) is 0.839. The van der Waals surface area contributed by atoms with Crippen molar-refractivity contribution in [3.63, 3.8) is 0 Å². The average Bonchev–Trinajstić information content (AvgIpc) is 2.98. The van der Waals surface area contributed by atoms with Crippen LogP contribution >= 0.6 is 11.8 Å². The van der Waals surface area contributed by atoms with Crippen molar-refractivity contribution in [2.45, 2.75) is 19.8 Å². The van der Waals surface area contributed by atoms with Gasteiger partial charge < -0.3 is 10.4 Å². The summed E-state index contributed by atoms with van der Waals surface area (Å²) in [5, 5.41) is 11.8. The second-order valence-corrected chi connectivity index (χ2v) is 6.41. The van der Waals surface area contributed by atoms with Gasteiger partial charge in [-0.05, 0) is 48.5 Å². The zero-order valence-corrected chi connectivity index (χ0v) is 13.1. The van der Waals surface area contributed by atoms with E-state index < -0.39 is 0 Å². The Labute approximate surface area is 130 Å². The summed E-state index contributed by atoms with van der Waals surface area (Å²) in [5.41, 5.74) is 2.44. The van der Waals surface area contributed by atoms with Crippen molar-refractivity contribution < 1.29 is 9.90 Å². The molecule has 3 nitrogen and oxygen atoms in total. The second-order valence-electron chi connectivity index (χ2n) is 5.26. The second kappa shape index (κ2) is 8.11. The van der Waals surface area contributed by atoms with Crippen molar-refractivity contribution in [3.8, 4) is 11.8 Å². The van der Waals surface area contributed by atoms with Gasteiger partial charge in [-0.3, -0.25) is 4.79 Å². The van der Waals surface area contributed by atoms with Gasteiger partial charge in [0.2, 0.25) is 0 Å². The van der Waals surface area contributed by atoms with Crippen LogP contribution in [0, 0.1) is 24.7 Å². The highest BCUT2D eigenvalue weighted by atomic mass is 32.2. The predicted octanol–water partition coefficient (Wildman–Crippen LogP) is 2.21. The van der Waals surface area contributed by atoms with Crippen LogP contribution in [0.2, 0.25) is 0 Å². The number of carbonyl (C=O) groups is 1. The van der Waals surface area contributed by atoms with Crippen LogP contribution in [0.15, 0.2) is 18.2 Å². The molecule has 1 aromatic rings. The van der Waals surface area contributed by atoms with Crippen molar-refractivity contribution >= 4 is 17.7 Å². The molecule has 0 radical (unpaired) electrons. The highest BCUT2D eigenvalue weighted by Crippen LogP contribution is 2.22. The van der Waals surface area contributed by atoms with Crippen LogP contribution < -0.4 is 5.32 Å². The maximum Gasteiger partial charge on any atom is 0.252 e. The molecule has 0 spiro atoms. The van der Waals surface area contributed by atoms with Gasteiger partial charge in [-0.25, -0.2) is 0 Å². The number of hydrogen-bond acceptors (Lipinski definition) is 3. The van der Waals surface area contributed by atoms with Gasteiger partial charge in [0.15, 0.2) is 0 Å². The molecule has 1 atom stereocenters. The topological polar surface area (TPSA) is 49.3 Å². The maximum atomic E-state index is 12.3. The summed E-state index contributed by atoms with van der Waals surface area (Å²) in [6.45, 7) is 2.76. The molecule has 1 fully saturated rings. The number of nitrogens with one attached hydrogen (secondary N) is 1. The van der Waals surface area contributed by atoms with E-state index >= 15 is 0 Å². The molecule has 1 aromatic carbocycles. The van der Waals surface area contributed by atoms with Crippen LogP contribution in [0.5, 0.6) is 0 Å². The lowest BCUT2D eigenvalue weighted by atomic mass is 10.0. The summed E-state index contributed by atoms with van der Waals surface area (Å²) in [4.78, 5) is 12.3. The van der Waals surface area contributed by atoms with Crippen molar-refractivity contribution in [2.24, 2.45) is 5.92 Å². The summed E-state index contributed by atoms with van der Waals surface area (Å²) in [5.74, 6) is 8.75. The number of benzene rings is 1. The number of aliphatic hydroxyl groups excluding tert-OH is 1. The molecule has 21 heavy (non-hydrogen) atoms. The Kier molecular flexibility index (Phi) is 6.16. The summed E-state index contributed by atoms with van der Waals surface area (Å²) >= 11 is 1.95. The largest absolute Gasteiger partial charge is 0.395 e. The minimum atomic E-state index is -0.0554. The molecule has 2 N–H and O–H groups in total. The minimum absolute atomic E-state index is 0.0414. The van der Waals surface area contributed by atoms with E-state index in [0.29, 0.717) is 17.9 Å². The first kappa shape index (κ1) is 15.9. The summed E-state index contributed by atoms with van der Waals surface area (Å²) < 4.78 is 0. The third kappa shape index (κ3) is 4.80. The summed E-state index contributed by atoms with van der Waals surface area (Å²) in [6.07, 6.45) is 1.61. The van der Waals surface area contributed by atoms with Gasteiger partial charge in [-0.15, -0.1) is 0 Å². The van der Waals surface area contributed by atoms with E-state index in [1.807, 2.05) is 36.9 Å². The lowest BCUT2D eigenvalue weighted by Gasteiger charge is -2.11. The van der Waals surface area contributed by atoms with Crippen molar-refractivity contribution in [1.29, 1.82) is 0 Å². The Bertz CT molecular complexity index is 554. The van der Waals surface area contributed by atoms with E-state index in [1.54, 1.807) is 0 Å². The van der Waals surface area contributed by atoms with Gasteiger partial charge in [-0.2, -0.15) is 11.8 Å². The number of aryl methyl sites for hydroxylation is 1. The molecule has 2 rings (SSSR count). The summed E-state index contributed by atoms with van der Waals surface area (Å²) in [7, 11) is 0. The molecule has 0 bridgehead atoms. The van der Waals surface area contributed by atoms with Crippen LogP contribution in [0.3, 0.4) is 0 Å². The van der Waals surface area contributed by atoms with Gasteiger partial charge in [0.1, 0.15) is 0 Å². The molecule has 112 valence electrons. The Morgan fingerprint density at radius 2 is 2.38 bits per heavy atom. The van der Waals surface area contributed by atoms with E-state index in [2.05, 4.69) is 17.2 Å². The lowest BCUT2D eigenvalue weighted by Crippen LogP contribution is -2.29. The van der Waals surface area contributed by atoms with Gasteiger partial charge >= 0.3 is 0 Å². The van der Waals surface area contributed by atoms with E-state index in [-0.39, 0.29) is 12.5 Å². The van der Waals surface area contributed by atoms with E-state index in [4.69, 9.17) is 5.11 Å². The van der Waals surface area contributed by atoms with Crippen LogP contribution in [0.1, 0.15) is 34.3 Å². The molecule has 4 heteroatoms. The van der Waals surface area contributed by atoms with Gasteiger partial charge in [-0.1, -0.05) is 17.9 Å². The zero-order chi connectivity index (χ0) is 15.1. The number of hydrogen-bond donors (Lipinski definition) is 2. The molecule has 1 aliphatic heterocycles. The molecule has 0 saturated carbocycles. The molecule has 1 aliphatic rings. The number of thioether (sulfide) groups is 1. The average molecular weight is 303 g/mol. The molecule has 1 amide bonds. The van der Waals surface area contributed by atoms with E-state index in [9.17, 15) is 4.79 Å². The third-order valence-electron chi connectivity index (χ3n) is 3.45. The van der Waals surface area contributed by atoms with Gasteiger partial charge in [0.25, 0.3) is 5.91 Å². The maximum absolute atomic E-state index is 12.3. The first-order valence-electron chi connectivity index (χ1n) is 7.27. The first-order valence-corrected chi connectivity index (χ1v) is 8.42. The van der Waals surface area contributed by atoms with Crippen LogP contribution in [0.4, 0.5) is 0 Å². The Hall–Kier alpha value is -1.44. The Balaban J connectivity index is 2.06. The standard InChI is InChI=1S/C17H21NO2S/c1-13-5-6-16(15(10-13)4-2-3-8-19)17(20)18-11-14-7-9-21-12-14/h5-6,10,14,19H,3,7-9,11-12H2,1H3,(H,18,20). The lowest BCUT2D eigenvalue weighted by molar-refractivity contribution is 0.0948. The SMILES string of the molecule is Cc1ccc(C(=O)NCC2CCSC2)c(C#CCCO)c1. The third-order valence-corrected chi connectivity index (χ3v) is 4.69. The van der Waals surface area contributed by atoms with Gasteiger partial charge in [0.05, 0.1) is 12.2 Å². The number of amides is 1. The molecule has 0 aromatic heterocycles. The van der Waals surface area contributed by atoms with Crippen molar-refractivity contribution in [3.05, 3.63) is 34.9 Å². The first-order chi connectivity index (χ1) is 10.2. The molecule has 1 heterocycles. The normalized spacial score (nSPS) is 17.1. The van der Waals surface area contributed by atoms with Crippen molar-refractivity contribution in [2.75, 3.05) is 24.7 Å². The predicted molar refractivity (Wildman–Crippen MR) is 87.5 cm³/mol. The highest BCUT2D eigenvalue weighted by Gasteiger charge is 2.17. The molecule has 1 saturated heterocycles. The summed E-state index contributed by atoms with van der Waals surface area (Å²) in [6, 6.07) is 5.68. The Morgan fingerprint density at radius 1 is 1.52 bits per heavy atom. The van der Waals surface area contributed by atoms with E-state index in [1.165, 1.54) is 12.2 Å². The number of aliphatic hydroxyl groups is 1. The number of rotatable bonds is 4. The highest BCUT2D eigenvalue weighted by molar-refractivity contribution is 7.99. The number of carbonyl (C=O) groups excluding carboxylic acids is 1. The molecule has 0 aliphatic carbocycles. The van der Waals surface area contributed by atoms with Crippen LogP contribution in [-0.2, 0) is 0 Å².